The van der Waals surface area contributed by atoms with Crippen molar-refractivity contribution in [2.75, 3.05) is 19.3 Å². The fraction of sp³-hybridized carbons (Fsp3) is 0.571. The van der Waals surface area contributed by atoms with Gasteiger partial charge in [-0.15, -0.1) is 0 Å². The number of amides is 1. The quantitative estimate of drug-likeness (QED) is 0.665. The Hall–Kier alpha value is -1.71. The topological polar surface area (TPSA) is 126 Å². The highest BCUT2D eigenvalue weighted by molar-refractivity contribution is 7.89. The van der Waals surface area contributed by atoms with Gasteiger partial charge in [0.05, 0.1) is 11.8 Å². The predicted molar refractivity (Wildman–Crippen MR) is 85.3 cm³/mol. The Morgan fingerprint density at radius 2 is 2.22 bits per heavy atom. The molecular formula is C14H22N4O4S. The van der Waals surface area contributed by atoms with Crippen LogP contribution in [0.2, 0.25) is 0 Å². The molecule has 0 radical (unpaired) electrons. The molecule has 0 bridgehead atoms. The van der Waals surface area contributed by atoms with Gasteiger partial charge in [-0.2, -0.15) is 4.31 Å². The van der Waals surface area contributed by atoms with E-state index in [1.807, 2.05) is 0 Å². The number of nitrogens with one attached hydrogen (secondary N) is 1. The number of hydrogen-bond donors (Lipinski definition) is 3. The molecule has 1 aliphatic rings. The van der Waals surface area contributed by atoms with Crippen LogP contribution >= 0.6 is 0 Å². The molecule has 128 valence electrons. The van der Waals surface area contributed by atoms with Crippen LogP contribution < -0.4 is 11.1 Å². The molecular weight excluding hydrogens is 320 g/mol. The summed E-state index contributed by atoms with van der Waals surface area (Å²) in [7, 11) is -2.13. The largest absolute Gasteiger partial charge is 0.397 e. The molecule has 1 fully saturated rings. The number of nitrogen functional groups attached to an aromatic ring is 1. The zero-order chi connectivity index (χ0) is 17.2. The number of hydrogen-bond acceptors (Lipinski definition) is 6. The third-order valence-electron chi connectivity index (χ3n) is 3.93. The molecule has 0 aromatic carbocycles. The number of carbonyl (C=O) groups excluding carboxylic acids is 1. The summed E-state index contributed by atoms with van der Waals surface area (Å²) < 4.78 is 26.4. The van der Waals surface area contributed by atoms with E-state index in [0.717, 1.165) is 25.5 Å². The molecule has 8 nitrogen and oxygen atoms in total. The molecule has 2 rings (SSSR count). The number of aliphatic hydroxyl groups is 1. The maximum Gasteiger partial charge on any atom is 0.272 e. The molecule has 4 N–H and O–H groups in total. The first-order valence-corrected chi connectivity index (χ1v) is 8.87. The lowest BCUT2D eigenvalue weighted by molar-refractivity contribution is 0.0920. The van der Waals surface area contributed by atoms with E-state index in [2.05, 4.69) is 10.3 Å². The lowest BCUT2D eigenvalue weighted by Crippen LogP contribution is -2.41. The fourth-order valence-corrected chi connectivity index (χ4v) is 3.63. The third kappa shape index (κ3) is 3.80. The number of pyridine rings is 1. The fourth-order valence-electron chi connectivity index (χ4n) is 2.23. The molecule has 9 heteroatoms. The van der Waals surface area contributed by atoms with Crippen molar-refractivity contribution < 1.29 is 18.3 Å². The number of aromatic nitrogens is 1. The molecule has 1 heterocycles. The minimum absolute atomic E-state index is 0.00948. The summed E-state index contributed by atoms with van der Waals surface area (Å²) in [6, 6.07) is 1.25. The van der Waals surface area contributed by atoms with Crippen molar-refractivity contribution in [3.05, 3.63) is 18.0 Å². The minimum Gasteiger partial charge on any atom is -0.397 e. The molecule has 1 aromatic heterocycles. The highest BCUT2D eigenvalue weighted by atomic mass is 32.2. The van der Waals surface area contributed by atoms with E-state index in [1.54, 1.807) is 7.05 Å². The van der Waals surface area contributed by atoms with Gasteiger partial charge in [-0.25, -0.2) is 13.4 Å². The van der Waals surface area contributed by atoms with Crippen LogP contribution in [0.25, 0.3) is 0 Å². The average Bonchev–Trinajstić information content (AvgIpc) is 2.42. The van der Waals surface area contributed by atoms with Crippen LogP contribution in [-0.2, 0) is 10.0 Å². The SMILES string of the molecule is C[C@H](O)CNC(=O)c1ncc(S(=O)(=O)N(C)C2CCC2)cc1N. The van der Waals surface area contributed by atoms with Gasteiger partial charge in [0.1, 0.15) is 4.90 Å². The van der Waals surface area contributed by atoms with Gasteiger partial charge in [0.2, 0.25) is 10.0 Å². The molecule has 1 aromatic rings. The number of nitrogens with zero attached hydrogens (tertiary/aromatic N) is 2. The van der Waals surface area contributed by atoms with Gasteiger partial charge in [-0.3, -0.25) is 4.79 Å². The van der Waals surface area contributed by atoms with Crippen LogP contribution in [0.1, 0.15) is 36.7 Å². The number of sulfonamides is 1. The molecule has 1 saturated carbocycles. The molecule has 0 unspecified atom stereocenters. The number of carbonyl (C=O) groups is 1. The van der Waals surface area contributed by atoms with Crippen molar-refractivity contribution in [3.8, 4) is 0 Å². The molecule has 0 saturated heterocycles. The van der Waals surface area contributed by atoms with Crippen molar-refractivity contribution in [1.82, 2.24) is 14.6 Å². The van der Waals surface area contributed by atoms with E-state index < -0.39 is 22.0 Å². The smallest absolute Gasteiger partial charge is 0.272 e. The van der Waals surface area contributed by atoms with E-state index in [-0.39, 0.29) is 28.9 Å². The van der Waals surface area contributed by atoms with Crippen molar-refractivity contribution in [2.45, 2.75) is 43.2 Å². The average molecular weight is 342 g/mol. The normalized spacial score (nSPS) is 16.9. The van der Waals surface area contributed by atoms with E-state index in [0.29, 0.717) is 0 Å². The number of anilines is 1. The highest BCUT2D eigenvalue weighted by Crippen LogP contribution is 2.29. The van der Waals surface area contributed by atoms with Crippen LogP contribution in [0.3, 0.4) is 0 Å². The number of aliphatic hydroxyl groups excluding tert-OH is 1. The number of rotatable bonds is 6. The van der Waals surface area contributed by atoms with E-state index in [4.69, 9.17) is 10.8 Å². The van der Waals surface area contributed by atoms with Crippen molar-refractivity contribution >= 4 is 21.6 Å². The maximum atomic E-state index is 12.5. The molecule has 0 spiro atoms. The van der Waals surface area contributed by atoms with Crippen LogP contribution in [-0.4, -0.2) is 54.5 Å². The molecule has 1 amide bonds. The zero-order valence-electron chi connectivity index (χ0n) is 13.2. The molecule has 1 atom stereocenters. The van der Waals surface area contributed by atoms with Gasteiger partial charge in [0.15, 0.2) is 5.69 Å². The summed E-state index contributed by atoms with van der Waals surface area (Å²) in [5.74, 6) is -0.556. The minimum atomic E-state index is -3.67. The Labute approximate surface area is 135 Å². The van der Waals surface area contributed by atoms with Crippen LogP contribution in [0.15, 0.2) is 17.2 Å². The summed E-state index contributed by atoms with van der Waals surface area (Å²) in [5, 5.41) is 11.6. The summed E-state index contributed by atoms with van der Waals surface area (Å²) in [5.41, 5.74) is 5.70. The first kappa shape index (κ1) is 17.6. The third-order valence-corrected chi connectivity index (χ3v) is 5.81. The van der Waals surface area contributed by atoms with E-state index in [9.17, 15) is 13.2 Å². The first-order chi connectivity index (χ1) is 10.7. The van der Waals surface area contributed by atoms with Gasteiger partial charge in [-0.1, -0.05) is 6.42 Å². The van der Waals surface area contributed by atoms with Crippen molar-refractivity contribution in [1.29, 1.82) is 0 Å². The first-order valence-electron chi connectivity index (χ1n) is 7.43. The lowest BCUT2D eigenvalue weighted by Gasteiger charge is -2.33. The van der Waals surface area contributed by atoms with Crippen molar-refractivity contribution in [3.63, 3.8) is 0 Å². The molecule has 23 heavy (non-hydrogen) atoms. The van der Waals surface area contributed by atoms with Crippen LogP contribution in [0, 0.1) is 0 Å². The monoisotopic (exact) mass is 342 g/mol. The zero-order valence-corrected chi connectivity index (χ0v) is 14.0. The molecule has 0 aliphatic heterocycles. The maximum absolute atomic E-state index is 12.5. The summed E-state index contributed by atoms with van der Waals surface area (Å²) in [4.78, 5) is 15.8. The van der Waals surface area contributed by atoms with E-state index in [1.165, 1.54) is 17.3 Å². The summed E-state index contributed by atoms with van der Waals surface area (Å²) >= 11 is 0. The van der Waals surface area contributed by atoms with Gasteiger partial charge in [0, 0.05) is 25.8 Å². The second-order valence-electron chi connectivity index (χ2n) is 5.77. The van der Waals surface area contributed by atoms with Gasteiger partial charge in [0.25, 0.3) is 5.91 Å². The van der Waals surface area contributed by atoms with Gasteiger partial charge in [-0.05, 0) is 25.8 Å². The molecule has 1 aliphatic carbocycles. The Bertz CT molecular complexity index is 686. The second-order valence-corrected chi connectivity index (χ2v) is 7.77. The van der Waals surface area contributed by atoms with Crippen LogP contribution in [0.4, 0.5) is 5.69 Å². The summed E-state index contributed by atoms with van der Waals surface area (Å²) in [6.07, 6.45) is 3.15. The van der Waals surface area contributed by atoms with E-state index >= 15 is 0 Å². The highest BCUT2D eigenvalue weighted by Gasteiger charge is 2.32. The standard InChI is InChI=1S/C14H22N4O4S/c1-9(19)7-17-14(20)13-12(15)6-11(8-16-13)23(21,22)18(2)10-4-3-5-10/h6,8-10,19H,3-5,7,15H2,1-2H3,(H,17,20)/t9-/m0/s1. The Kier molecular flexibility index (Phi) is 5.23. The summed E-state index contributed by atoms with van der Waals surface area (Å²) in [6.45, 7) is 1.59. The van der Waals surface area contributed by atoms with Crippen LogP contribution in [0.5, 0.6) is 0 Å². The van der Waals surface area contributed by atoms with Gasteiger partial charge < -0.3 is 16.2 Å². The van der Waals surface area contributed by atoms with Crippen molar-refractivity contribution in [2.24, 2.45) is 0 Å². The van der Waals surface area contributed by atoms with Gasteiger partial charge >= 0.3 is 0 Å². The lowest BCUT2D eigenvalue weighted by atomic mass is 9.94. The Balaban J connectivity index is 2.19. The Morgan fingerprint density at radius 1 is 1.57 bits per heavy atom. The second kappa shape index (κ2) is 6.81. The number of nitrogens with two attached hydrogens (primary N) is 1. The Morgan fingerprint density at radius 3 is 2.70 bits per heavy atom. The predicted octanol–water partition coefficient (Wildman–Crippen LogP) is -0.0526.